The SMILES string of the molecule is CCCCCCCCCCCC/C=C/CC/C=C/CC/C=C/C(O)C(COP(=O)([O-])OCC[N+](C)(C)C)NC(=O)CCCCCCCCCCCCCCCCCCCCCCCCCCCCCCCCC. The van der Waals surface area contributed by atoms with Crippen molar-refractivity contribution < 1.29 is 32.9 Å². The van der Waals surface area contributed by atoms with Gasteiger partial charge in [0, 0.05) is 6.42 Å². The lowest BCUT2D eigenvalue weighted by atomic mass is 10.0. The first-order chi connectivity index (χ1) is 35.5. The lowest BCUT2D eigenvalue weighted by molar-refractivity contribution is -0.870. The second kappa shape index (κ2) is 55.5. The average Bonchev–Trinajstić information content (AvgIpc) is 3.35. The summed E-state index contributed by atoms with van der Waals surface area (Å²) in [4.78, 5) is 25.5. The molecule has 9 heteroatoms. The van der Waals surface area contributed by atoms with Gasteiger partial charge in [0.2, 0.25) is 5.91 Å². The number of aliphatic hydroxyl groups excluding tert-OH is 1. The fourth-order valence-electron chi connectivity index (χ4n) is 9.60. The number of aliphatic hydroxyl groups is 1. The summed E-state index contributed by atoms with van der Waals surface area (Å²) in [6, 6.07) is -0.908. The molecule has 0 aromatic carbocycles. The Bertz CT molecular complexity index is 1280. The van der Waals surface area contributed by atoms with E-state index >= 15 is 0 Å². The molecule has 0 aliphatic rings. The molecule has 0 saturated carbocycles. The highest BCUT2D eigenvalue weighted by atomic mass is 31.2. The van der Waals surface area contributed by atoms with E-state index in [4.69, 9.17) is 9.05 Å². The number of carbonyl (C=O) groups excluding carboxylic acids is 1. The van der Waals surface area contributed by atoms with Crippen LogP contribution in [0.3, 0.4) is 0 Å². The zero-order valence-corrected chi connectivity index (χ0v) is 50.3. The molecule has 73 heavy (non-hydrogen) atoms. The number of rotatable bonds is 59. The number of nitrogens with zero attached hydrogens (tertiary/aromatic N) is 1. The Kier molecular flexibility index (Phi) is 54.5. The smallest absolute Gasteiger partial charge is 0.268 e. The number of allylic oxidation sites excluding steroid dienone is 5. The van der Waals surface area contributed by atoms with Gasteiger partial charge in [-0.15, -0.1) is 0 Å². The second-order valence-corrected chi connectivity index (χ2v) is 24.5. The minimum absolute atomic E-state index is 0.00728. The second-order valence-electron chi connectivity index (χ2n) is 23.1. The summed E-state index contributed by atoms with van der Waals surface area (Å²) in [6.07, 6.45) is 72.6. The topological polar surface area (TPSA) is 108 Å². The third-order valence-electron chi connectivity index (χ3n) is 14.6. The van der Waals surface area contributed by atoms with Gasteiger partial charge in [-0.3, -0.25) is 9.36 Å². The van der Waals surface area contributed by atoms with Crippen molar-refractivity contribution >= 4 is 13.7 Å². The number of unbranched alkanes of at least 4 members (excludes halogenated alkanes) is 42. The maximum Gasteiger partial charge on any atom is 0.268 e. The Labute approximate surface area is 455 Å². The van der Waals surface area contributed by atoms with E-state index in [-0.39, 0.29) is 12.5 Å². The Hall–Kier alpha value is -1.28. The summed E-state index contributed by atoms with van der Waals surface area (Å²) in [5.41, 5.74) is 0. The minimum Gasteiger partial charge on any atom is -0.756 e. The van der Waals surface area contributed by atoms with Gasteiger partial charge in [-0.2, -0.15) is 0 Å². The van der Waals surface area contributed by atoms with Crippen molar-refractivity contribution in [2.24, 2.45) is 0 Å². The van der Waals surface area contributed by atoms with Crippen LogP contribution in [0.5, 0.6) is 0 Å². The molecule has 0 aliphatic heterocycles. The monoisotopic (exact) mass is 1050 g/mol. The zero-order chi connectivity index (χ0) is 53.5. The molecular weight excluding hydrogens is 924 g/mol. The van der Waals surface area contributed by atoms with Gasteiger partial charge in [0.1, 0.15) is 13.2 Å². The summed E-state index contributed by atoms with van der Waals surface area (Å²) in [5.74, 6) is -0.205. The van der Waals surface area contributed by atoms with Crippen LogP contribution in [-0.2, 0) is 18.4 Å². The van der Waals surface area contributed by atoms with Crippen molar-refractivity contribution in [1.82, 2.24) is 5.32 Å². The summed E-state index contributed by atoms with van der Waals surface area (Å²) < 4.78 is 23.4. The van der Waals surface area contributed by atoms with E-state index in [9.17, 15) is 19.4 Å². The van der Waals surface area contributed by atoms with Crippen molar-refractivity contribution in [3.8, 4) is 0 Å². The molecule has 1 amide bonds. The Morgan fingerprint density at radius 3 is 1.11 bits per heavy atom. The van der Waals surface area contributed by atoms with Gasteiger partial charge in [0.25, 0.3) is 7.82 Å². The molecule has 0 rings (SSSR count). The molecule has 0 heterocycles. The van der Waals surface area contributed by atoms with Crippen LogP contribution in [0.2, 0.25) is 0 Å². The highest BCUT2D eigenvalue weighted by Gasteiger charge is 2.23. The summed E-state index contributed by atoms with van der Waals surface area (Å²) in [6.45, 7) is 4.66. The molecule has 0 spiro atoms. The number of quaternary nitrogens is 1. The molecule has 0 aromatic rings. The molecule has 0 bridgehead atoms. The number of hydrogen-bond donors (Lipinski definition) is 2. The van der Waals surface area contributed by atoms with Gasteiger partial charge in [0.05, 0.1) is 39.9 Å². The first-order valence-electron chi connectivity index (χ1n) is 31.9. The number of phosphoric acid groups is 1. The molecule has 0 fully saturated rings. The van der Waals surface area contributed by atoms with E-state index in [1.165, 1.54) is 250 Å². The van der Waals surface area contributed by atoms with E-state index in [2.05, 4.69) is 43.5 Å². The van der Waals surface area contributed by atoms with Gasteiger partial charge in [-0.1, -0.05) is 301 Å². The quantitative estimate of drug-likeness (QED) is 0.0272. The number of amides is 1. The third-order valence-corrected chi connectivity index (χ3v) is 15.5. The standard InChI is InChI=1S/C64H125N2O6P/c1-6-8-10-12-14-16-18-20-22-24-26-28-29-30-31-32-33-34-35-36-37-38-40-42-44-46-48-50-52-54-56-58-64(68)65-62(61-72-73(69,70)71-60-59-66(3,4)5)63(67)57-55-53-51-49-47-45-43-41-39-27-25-23-21-19-17-15-13-11-9-7-2/h39,41,47,49,55,57,62-63,67H,6-38,40,42-46,48,50-54,56,58-61H2,1-5H3,(H-,65,68,69,70)/b41-39+,49-47+,57-55+. The van der Waals surface area contributed by atoms with Crippen LogP contribution >= 0.6 is 7.82 Å². The van der Waals surface area contributed by atoms with Gasteiger partial charge in [0.15, 0.2) is 0 Å². The van der Waals surface area contributed by atoms with Gasteiger partial charge >= 0.3 is 0 Å². The molecule has 0 radical (unpaired) electrons. The van der Waals surface area contributed by atoms with Crippen LogP contribution in [-0.4, -0.2) is 68.5 Å². The lowest BCUT2D eigenvalue weighted by Gasteiger charge is -2.29. The van der Waals surface area contributed by atoms with Gasteiger partial charge in [-0.25, -0.2) is 0 Å². The molecule has 2 N–H and O–H groups in total. The van der Waals surface area contributed by atoms with E-state index in [1.807, 2.05) is 27.2 Å². The molecule has 3 unspecified atom stereocenters. The molecule has 0 aliphatic carbocycles. The number of likely N-dealkylation sites (N-methyl/N-ethyl adjacent to an activating group) is 1. The fourth-order valence-corrected chi connectivity index (χ4v) is 10.3. The van der Waals surface area contributed by atoms with Gasteiger partial charge in [-0.05, 0) is 44.9 Å². The highest BCUT2D eigenvalue weighted by Crippen LogP contribution is 2.38. The maximum absolute atomic E-state index is 13.0. The minimum atomic E-state index is -4.61. The predicted molar refractivity (Wildman–Crippen MR) is 316 cm³/mol. The first-order valence-corrected chi connectivity index (χ1v) is 33.3. The van der Waals surface area contributed by atoms with Crippen molar-refractivity contribution in [3.05, 3.63) is 36.5 Å². The van der Waals surface area contributed by atoms with E-state index < -0.39 is 26.6 Å². The summed E-state index contributed by atoms with van der Waals surface area (Å²) in [5, 5.41) is 13.9. The largest absolute Gasteiger partial charge is 0.756 e. The van der Waals surface area contributed by atoms with Crippen LogP contribution in [0.4, 0.5) is 0 Å². The van der Waals surface area contributed by atoms with Crippen molar-refractivity contribution in [2.45, 2.75) is 328 Å². The van der Waals surface area contributed by atoms with Gasteiger partial charge < -0.3 is 28.8 Å². The average molecular weight is 1050 g/mol. The zero-order valence-electron chi connectivity index (χ0n) is 49.4. The van der Waals surface area contributed by atoms with Crippen molar-refractivity contribution in [2.75, 3.05) is 40.9 Å². The summed E-state index contributed by atoms with van der Waals surface area (Å²) in [7, 11) is 1.25. The van der Waals surface area contributed by atoms with Crippen LogP contribution in [0.1, 0.15) is 316 Å². The predicted octanol–water partition coefficient (Wildman–Crippen LogP) is 19.1. The molecule has 0 aromatic heterocycles. The summed E-state index contributed by atoms with van der Waals surface area (Å²) >= 11 is 0. The number of carbonyl (C=O) groups is 1. The van der Waals surface area contributed by atoms with Crippen LogP contribution in [0.15, 0.2) is 36.5 Å². The number of phosphoric ester groups is 1. The van der Waals surface area contributed by atoms with Crippen LogP contribution in [0.25, 0.3) is 0 Å². The van der Waals surface area contributed by atoms with Crippen LogP contribution < -0.4 is 10.2 Å². The normalized spacial score (nSPS) is 14.0. The highest BCUT2D eigenvalue weighted by molar-refractivity contribution is 7.45. The molecule has 8 nitrogen and oxygen atoms in total. The maximum atomic E-state index is 13.0. The van der Waals surface area contributed by atoms with E-state index in [0.29, 0.717) is 17.4 Å². The molecule has 432 valence electrons. The van der Waals surface area contributed by atoms with E-state index in [0.717, 1.165) is 44.9 Å². The van der Waals surface area contributed by atoms with Crippen LogP contribution in [0, 0.1) is 0 Å². The van der Waals surface area contributed by atoms with Crippen molar-refractivity contribution in [1.29, 1.82) is 0 Å². The first kappa shape index (κ1) is 71.7. The lowest BCUT2D eigenvalue weighted by Crippen LogP contribution is -2.45. The number of nitrogens with one attached hydrogen (secondary N) is 1. The Balaban J connectivity index is 4.10. The van der Waals surface area contributed by atoms with Crippen molar-refractivity contribution in [3.63, 3.8) is 0 Å². The molecule has 3 atom stereocenters. The number of hydrogen-bond acceptors (Lipinski definition) is 6. The fraction of sp³-hybridized carbons (Fsp3) is 0.891. The third kappa shape index (κ3) is 58.2. The Morgan fingerprint density at radius 1 is 0.466 bits per heavy atom. The molecule has 0 saturated heterocycles. The Morgan fingerprint density at radius 2 is 0.767 bits per heavy atom. The molecular formula is C64H125N2O6P. The van der Waals surface area contributed by atoms with E-state index in [1.54, 1.807) is 6.08 Å².